The predicted molar refractivity (Wildman–Crippen MR) is 74.0 cm³/mol. The summed E-state index contributed by atoms with van der Waals surface area (Å²) in [6, 6.07) is 4.18. The van der Waals surface area contributed by atoms with Gasteiger partial charge >= 0.3 is 6.09 Å². The van der Waals surface area contributed by atoms with Gasteiger partial charge in [-0.05, 0) is 39.0 Å². The highest BCUT2D eigenvalue weighted by Crippen LogP contribution is 2.22. The summed E-state index contributed by atoms with van der Waals surface area (Å²) in [7, 11) is 0. The van der Waals surface area contributed by atoms with Crippen LogP contribution in [0.2, 0.25) is 0 Å². The molecule has 19 heavy (non-hydrogen) atoms. The molecule has 0 spiro atoms. The van der Waals surface area contributed by atoms with Crippen LogP contribution in [-0.4, -0.2) is 21.5 Å². The zero-order chi connectivity index (χ0) is 14.2. The van der Waals surface area contributed by atoms with Crippen LogP contribution in [0.15, 0.2) is 18.2 Å². The SMILES string of the molecule is CC(C)(C)OC(=O)n1nc(CBr)c2cc(F)ccc21. The van der Waals surface area contributed by atoms with Crippen LogP contribution in [0, 0.1) is 5.82 Å². The van der Waals surface area contributed by atoms with Gasteiger partial charge in [0, 0.05) is 10.7 Å². The van der Waals surface area contributed by atoms with E-state index in [1.807, 2.05) is 0 Å². The Morgan fingerprint density at radius 2 is 2.16 bits per heavy atom. The summed E-state index contributed by atoms with van der Waals surface area (Å²) in [4.78, 5) is 12.1. The maximum Gasteiger partial charge on any atom is 0.435 e. The van der Waals surface area contributed by atoms with Gasteiger partial charge in [-0.2, -0.15) is 9.78 Å². The van der Waals surface area contributed by atoms with Gasteiger partial charge in [0.1, 0.15) is 11.4 Å². The van der Waals surface area contributed by atoms with E-state index >= 15 is 0 Å². The molecule has 2 rings (SSSR count). The lowest BCUT2D eigenvalue weighted by molar-refractivity contribution is 0.0522. The van der Waals surface area contributed by atoms with Crippen molar-refractivity contribution < 1.29 is 13.9 Å². The van der Waals surface area contributed by atoms with E-state index in [9.17, 15) is 9.18 Å². The van der Waals surface area contributed by atoms with Crippen molar-refractivity contribution in [3.05, 3.63) is 29.7 Å². The number of aromatic nitrogens is 2. The molecule has 0 saturated carbocycles. The van der Waals surface area contributed by atoms with Crippen LogP contribution in [0.4, 0.5) is 9.18 Å². The van der Waals surface area contributed by atoms with E-state index in [-0.39, 0.29) is 5.82 Å². The molecule has 0 N–H and O–H groups in total. The Morgan fingerprint density at radius 3 is 2.74 bits per heavy atom. The van der Waals surface area contributed by atoms with Gasteiger partial charge < -0.3 is 4.74 Å². The Bertz CT molecular complexity index is 631. The molecule has 6 heteroatoms. The third kappa shape index (κ3) is 2.94. The van der Waals surface area contributed by atoms with E-state index in [2.05, 4.69) is 21.0 Å². The monoisotopic (exact) mass is 328 g/mol. The number of alkyl halides is 1. The van der Waals surface area contributed by atoms with Gasteiger partial charge in [0.15, 0.2) is 0 Å². The summed E-state index contributed by atoms with van der Waals surface area (Å²) in [5, 5.41) is 5.19. The summed E-state index contributed by atoms with van der Waals surface area (Å²) < 4.78 is 19.7. The van der Waals surface area contributed by atoms with E-state index in [1.54, 1.807) is 20.8 Å². The Hall–Kier alpha value is -1.43. The van der Waals surface area contributed by atoms with E-state index in [0.29, 0.717) is 21.9 Å². The van der Waals surface area contributed by atoms with Crippen molar-refractivity contribution >= 4 is 32.9 Å². The Labute approximate surface area is 118 Å². The molecule has 0 unspecified atom stereocenters. The normalized spacial score (nSPS) is 11.8. The third-order valence-corrected chi connectivity index (χ3v) is 2.94. The van der Waals surface area contributed by atoms with Crippen molar-refractivity contribution in [3.63, 3.8) is 0 Å². The molecule has 0 bridgehead atoms. The Kier molecular flexibility index (Phi) is 3.62. The molecule has 0 radical (unpaired) electrons. The molecule has 0 aliphatic carbocycles. The first-order chi connectivity index (χ1) is 8.81. The number of nitrogens with zero attached hydrogens (tertiary/aromatic N) is 2. The lowest BCUT2D eigenvalue weighted by Gasteiger charge is -2.19. The fourth-order valence-electron chi connectivity index (χ4n) is 1.70. The number of hydrogen-bond donors (Lipinski definition) is 0. The fraction of sp³-hybridized carbons (Fsp3) is 0.385. The number of benzene rings is 1. The predicted octanol–water partition coefficient (Wildman–Crippen LogP) is 3.85. The standard InChI is InChI=1S/C13H14BrFN2O2/c1-13(2,3)19-12(18)17-11-5-4-8(15)6-9(11)10(7-14)16-17/h4-6H,7H2,1-3H3. The average Bonchev–Trinajstić information content (AvgIpc) is 2.64. The first-order valence-corrected chi connectivity index (χ1v) is 6.90. The van der Waals surface area contributed by atoms with Crippen LogP contribution < -0.4 is 0 Å². The molecular formula is C13H14BrFN2O2. The molecule has 0 saturated heterocycles. The van der Waals surface area contributed by atoms with Crippen molar-refractivity contribution in [2.75, 3.05) is 0 Å². The highest BCUT2D eigenvalue weighted by atomic mass is 79.9. The van der Waals surface area contributed by atoms with Crippen LogP contribution in [0.1, 0.15) is 26.5 Å². The van der Waals surface area contributed by atoms with E-state index in [4.69, 9.17) is 4.74 Å². The molecule has 1 heterocycles. The third-order valence-electron chi connectivity index (χ3n) is 2.41. The van der Waals surface area contributed by atoms with Crippen LogP contribution in [0.5, 0.6) is 0 Å². The minimum absolute atomic E-state index is 0.363. The quantitative estimate of drug-likeness (QED) is 0.747. The second-order valence-corrected chi connectivity index (χ2v) is 5.69. The van der Waals surface area contributed by atoms with Crippen molar-refractivity contribution in [2.45, 2.75) is 31.7 Å². The molecule has 0 amide bonds. The number of fused-ring (bicyclic) bond motifs is 1. The number of carbonyl (C=O) groups excluding carboxylic acids is 1. The fourth-order valence-corrected chi connectivity index (χ4v) is 2.11. The van der Waals surface area contributed by atoms with Crippen LogP contribution >= 0.6 is 15.9 Å². The zero-order valence-electron chi connectivity index (χ0n) is 10.9. The second-order valence-electron chi connectivity index (χ2n) is 5.13. The Balaban J connectivity index is 2.52. The summed E-state index contributed by atoms with van der Waals surface area (Å²) >= 11 is 3.28. The van der Waals surface area contributed by atoms with E-state index < -0.39 is 11.7 Å². The highest BCUT2D eigenvalue weighted by molar-refractivity contribution is 9.08. The molecule has 1 aromatic heterocycles. The molecule has 4 nitrogen and oxygen atoms in total. The molecule has 0 aliphatic heterocycles. The average molecular weight is 329 g/mol. The lowest BCUT2D eigenvalue weighted by Crippen LogP contribution is -2.27. The van der Waals surface area contributed by atoms with Gasteiger partial charge in [-0.15, -0.1) is 0 Å². The number of halogens is 2. The van der Waals surface area contributed by atoms with E-state index in [1.165, 1.54) is 18.2 Å². The minimum Gasteiger partial charge on any atom is -0.442 e. The molecular weight excluding hydrogens is 315 g/mol. The molecule has 2 aromatic rings. The summed E-state index contributed by atoms with van der Waals surface area (Å²) in [5.41, 5.74) is 0.523. The number of rotatable bonds is 1. The largest absolute Gasteiger partial charge is 0.442 e. The van der Waals surface area contributed by atoms with Crippen LogP contribution in [0.3, 0.4) is 0 Å². The summed E-state index contributed by atoms with van der Waals surface area (Å²) in [6.45, 7) is 5.34. The molecule has 0 atom stereocenters. The van der Waals surface area contributed by atoms with Gasteiger partial charge in [-0.25, -0.2) is 9.18 Å². The minimum atomic E-state index is -0.607. The Morgan fingerprint density at radius 1 is 1.47 bits per heavy atom. The lowest BCUT2D eigenvalue weighted by atomic mass is 10.2. The van der Waals surface area contributed by atoms with Gasteiger partial charge in [-0.3, -0.25) is 0 Å². The zero-order valence-corrected chi connectivity index (χ0v) is 12.5. The van der Waals surface area contributed by atoms with Crippen molar-refractivity contribution in [1.29, 1.82) is 0 Å². The maximum atomic E-state index is 13.3. The second kappa shape index (κ2) is 4.92. The van der Waals surface area contributed by atoms with Gasteiger partial charge in [-0.1, -0.05) is 15.9 Å². The van der Waals surface area contributed by atoms with E-state index in [0.717, 1.165) is 4.68 Å². The van der Waals surface area contributed by atoms with Gasteiger partial charge in [0.05, 0.1) is 11.2 Å². The van der Waals surface area contributed by atoms with Crippen molar-refractivity contribution in [3.8, 4) is 0 Å². The van der Waals surface area contributed by atoms with Gasteiger partial charge in [0.2, 0.25) is 0 Å². The molecule has 0 fully saturated rings. The molecule has 102 valence electrons. The number of ether oxygens (including phenoxy) is 1. The highest BCUT2D eigenvalue weighted by Gasteiger charge is 2.21. The first-order valence-electron chi connectivity index (χ1n) is 5.78. The van der Waals surface area contributed by atoms with Crippen molar-refractivity contribution in [1.82, 2.24) is 9.78 Å². The number of hydrogen-bond acceptors (Lipinski definition) is 3. The number of carbonyl (C=O) groups is 1. The van der Waals surface area contributed by atoms with Crippen molar-refractivity contribution in [2.24, 2.45) is 0 Å². The molecule has 0 aliphatic rings. The molecule has 1 aromatic carbocycles. The topological polar surface area (TPSA) is 44.1 Å². The van der Waals surface area contributed by atoms with Gasteiger partial charge in [0.25, 0.3) is 0 Å². The summed E-state index contributed by atoms with van der Waals surface area (Å²) in [5.74, 6) is -0.363. The van der Waals surface area contributed by atoms with Crippen LogP contribution in [0.25, 0.3) is 10.9 Å². The maximum absolute atomic E-state index is 13.3. The van der Waals surface area contributed by atoms with Crippen LogP contribution in [-0.2, 0) is 10.1 Å². The smallest absolute Gasteiger partial charge is 0.435 e. The first kappa shape index (κ1) is 14.0. The summed E-state index contributed by atoms with van der Waals surface area (Å²) in [6.07, 6.45) is -0.573.